The van der Waals surface area contributed by atoms with Crippen molar-refractivity contribution in [2.24, 2.45) is 5.92 Å². The van der Waals surface area contributed by atoms with Crippen molar-refractivity contribution in [3.63, 3.8) is 0 Å². The molecule has 0 aromatic heterocycles. The molecule has 0 aliphatic carbocycles. The molecule has 0 bridgehead atoms. The minimum atomic E-state index is 0.143. The van der Waals surface area contributed by atoms with Gasteiger partial charge in [0.25, 0.3) is 0 Å². The number of nitrogens with zero attached hydrogens (tertiary/aromatic N) is 1. The Morgan fingerprint density at radius 3 is 2.75 bits per heavy atom. The molecule has 1 aromatic rings. The monoisotopic (exact) mass is 345 g/mol. The Balaban J connectivity index is 2.21. The molecule has 0 saturated carbocycles. The Kier molecular flexibility index (Phi) is 3.70. The molecular weight excluding hydrogens is 334 g/mol. The van der Waals surface area contributed by atoms with E-state index < -0.39 is 0 Å². The topological polar surface area (TPSA) is 20.3 Å². The molecule has 16 heavy (non-hydrogen) atoms. The van der Waals surface area contributed by atoms with Crippen molar-refractivity contribution < 1.29 is 4.79 Å². The minimum Gasteiger partial charge on any atom is -0.369 e. The van der Waals surface area contributed by atoms with Crippen molar-refractivity contribution in [1.29, 1.82) is 0 Å². The first-order valence-corrected chi connectivity index (χ1v) is 6.89. The fraction of sp³-hybridized carbons (Fsp3) is 0.417. The van der Waals surface area contributed by atoms with Gasteiger partial charge >= 0.3 is 0 Å². The summed E-state index contributed by atoms with van der Waals surface area (Å²) in [6.45, 7) is 3.64. The number of piperidine rings is 1. The maximum atomic E-state index is 11.5. The Labute approximate surface area is 112 Å². The maximum Gasteiger partial charge on any atom is 0.139 e. The van der Waals surface area contributed by atoms with E-state index in [1.807, 2.05) is 19.1 Å². The summed E-state index contributed by atoms with van der Waals surface area (Å²) in [4.78, 5) is 13.7. The zero-order valence-corrected chi connectivity index (χ0v) is 12.2. The van der Waals surface area contributed by atoms with Crippen LogP contribution < -0.4 is 4.90 Å². The zero-order chi connectivity index (χ0) is 11.7. The van der Waals surface area contributed by atoms with Crippen molar-refractivity contribution in [2.45, 2.75) is 13.3 Å². The summed E-state index contributed by atoms with van der Waals surface area (Å²) in [7, 11) is 0. The van der Waals surface area contributed by atoms with Crippen LogP contribution in [0, 0.1) is 5.92 Å². The molecule has 1 unspecified atom stereocenters. The van der Waals surface area contributed by atoms with Crippen molar-refractivity contribution in [1.82, 2.24) is 0 Å². The molecule has 4 heteroatoms. The number of ketones is 1. The number of benzene rings is 1. The molecule has 2 nitrogen and oxygen atoms in total. The molecule has 1 aliphatic rings. The summed E-state index contributed by atoms with van der Waals surface area (Å²) >= 11 is 7.00. The predicted octanol–water partition coefficient (Wildman–Crippen LogP) is 3.63. The Morgan fingerprint density at radius 1 is 1.38 bits per heavy atom. The molecule has 0 radical (unpaired) electrons. The third kappa shape index (κ3) is 2.48. The van der Waals surface area contributed by atoms with E-state index in [1.54, 1.807) is 0 Å². The normalized spacial score (nSPS) is 21.3. The van der Waals surface area contributed by atoms with Gasteiger partial charge in [-0.15, -0.1) is 0 Å². The van der Waals surface area contributed by atoms with Crippen LogP contribution in [0.5, 0.6) is 0 Å². The SMILES string of the molecule is CC1CN(c2ccc(Br)cc2Br)CCC1=O. The highest BCUT2D eigenvalue weighted by atomic mass is 79.9. The van der Waals surface area contributed by atoms with Crippen LogP contribution in [-0.2, 0) is 4.79 Å². The van der Waals surface area contributed by atoms with E-state index >= 15 is 0 Å². The smallest absolute Gasteiger partial charge is 0.139 e. The molecule has 1 fully saturated rings. The second kappa shape index (κ2) is 4.88. The Bertz CT molecular complexity index is 419. The number of anilines is 1. The number of carbonyl (C=O) groups excluding carboxylic acids is 1. The summed E-state index contributed by atoms with van der Waals surface area (Å²) in [5.41, 5.74) is 1.17. The van der Waals surface area contributed by atoms with Crippen molar-refractivity contribution in [3.05, 3.63) is 27.1 Å². The Hall–Kier alpha value is -0.350. The van der Waals surface area contributed by atoms with Crippen LogP contribution in [-0.4, -0.2) is 18.9 Å². The molecule has 1 atom stereocenters. The van der Waals surface area contributed by atoms with Gasteiger partial charge < -0.3 is 4.90 Å². The van der Waals surface area contributed by atoms with Gasteiger partial charge in [-0.1, -0.05) is 22.9 Å². The third-order valence-corrected chi connectivity index (χ3v) is 4.05. The van der Waals surface area contributed by atoms with E-state index in [2.05, 4.69) is 42.8 Å². The summed E-state index contributed by atoms with van der Waals surface area (Å²) in [5.74, 6) is 0.522. The molecule has 2 rings (SSSR count). The summed E-state index contributed by atoms with van der Waals surface area (Å²) < 4.78 is 2.13. The van der Waals surface area contributed by atoms with E-state index in [4.69, 9.17) is 0 Å². The molecule has 1 aromatic carbocycles. The lowest BCUT2D eigenvalue weighted by molar-refractivity contribution is -0.122. The van der Waals surface area contributed by atoms with E-state index in [9.17, 15) is 4.79 Å². The average Bonchev–Trinajstić information content (AvgIpc) is 2.22. The fourth-order valence-electron chi connectivity index (χ4n) is 1.97. The third-order valence-electron chi connectivity index (χ3n) is 2.92. The first-order chi connectivity index (χ1) is 7.58. The lowest BCUT2D eigenvalue weighted by Gasteiger charge is -2.32. The van der Waals surface area contributed by atoms with Crippen LogP contribution in [0.4, 0.5) is 5.69 Å². The summed E-state index contributed by atoms with van der Waals surface area (Å²) in [6, 6.07) is 6.15. The lowest BCUT2D eigenvalue weighted by atomic mass is 9.98. The molecule has 1 heterocycles. The first kappa shape index (κ1) is 12.1. The van der Waals surface area contributed by atoms with Gasteiger partial charge in [-0.25, -0.2) is 0 Å². The van der Waals surface area contributed by atoms with Crippen molar-refractivity contribution in [3.8, 4) is 0 Å². The van der Waals surface area contributed by atoms with E-state index in [-0.39, 0.29) is 5.92 Å². The molecule has 1 aliphatic heterocycles. The second-order valence-corrected chi connectivity index (χ2v) is 5.93. The quantitative estimate of drug-likeness (QED) is 0.773. The number of rotatable bonds is 1. The number of hydrogen-bond donors (Lipinski definition) is 0. The van der Waals surface area contributed by atoms with Gasteiger partial charge in [0.15, 0.2) is 0 Å². The minimum absolute atomic E-state index is 0.143. The van der Waals surface area contributed by atoms with Crippen molar-refractivity contribution in [2.75, 3.05) is 18.0 Å². The highest BCUT2D eigenvalue weighted by Gasteiger charge is 2.24. The van der Waals surface area contributed by atoms with Gasteiger partial charge in [-0.05, 0) is 34.1 Å². The van der Waals surface area contributed by atoms with Crippen LogP contribution in [0.15, 0.2) is 27.1 Å². The molecule has 0 N–H and O–H groups in total. The molecule has 0 spiro atoms. The summed E-state index contributed by atoms with van der Waals surface area (Å²) in [5, 5.41) is 0. The van der Waals surface area contributed by atoms with Gasteiger partial charge in [0.2, 0.25) is 0 Å². The van der Waals surface area contributed by atoms with Crippen LogP contribution in [0.2, 0.25) is 0 Å². The molecule has 0 amide bonds. The van der Waals surface area contributed by atoms with Crippen LogP contribution in [0.3, 0.4) is 0 Å². The maximum absolute atomic E-state index is 11.5. The standard InChI is InChI=1S/C12H13Br2NO/c1-8-7-15(5-4-12(8)16)11-3-2-9(13)6-10(11)14/h2-3,6,8H,4-5,7H2,1H3. The fourth-order valence-corrected chi connectivity index (χ4v) is 3.27. The van der Waals surface area contributed by atoms with Gasteiger partial charge in [-0.2, -0.15) is 0 Å². The number of Topliss-reactive ketones (excluding diaryl/α,β-unsaturated/α-hetero) is 1. The van der Waals surface area contributed by atoms with Gasteiger partial charge in [0.05, 0.1) is 5.69 Å². The van der Waals surface area contributed by atoms with E-state index in [1.165, 1.54) is 5.69 Å². The second-order valence-electron chi connectivity index (χ2n) is 4.16. The van der Waals surface area contributed by atoms with Crippen LogP contribution >= 0.6 is 31.9 Å². The molecule has 1 saturated heterocycles. The first-order valence-electron chi connectivity index (χ1n) is 5.30. The van der Waals surface area contributed by atoms with Gasteiger partial charge in [-0.3, -0.25) is 4.79 Å². The van der Waals surface area contributed by atoms with Crippen molar-refractivity contribution >= 4 is 43.3 Å². The van der Waals surface area contributed by atoms with Crippen LogP contribution in [0.25, 0.3) is 0 Å². The van der Waals surface area contributed by atoms with E-state index in [0.29, 0.717) is 12.2 Å². The molecular formula is C12H13Br2NO. The largest absolute Gasteiger partial charge is 0.369 e. The highest BCUT2D eigenvalue weighted by Crippen LogP contribution is 2.31. The number of carbonyl (C=O) groups is 1. The number of halogens is 2. The average molecular weight is 347 g/mol. The summed E-state index contributed by atoms with van der Waals surface area (Å²) in [6.07, 6.45) is 0.656. The van der Waals surface area contributed by atoms with E-state index in [0.717, 1.165) is 22.0 Å². The highest BCUT2D eigenvalue weighted by molar-refractivity contribution is 9.11. The predicted molar refractivity (Wildman–Crippen MR) is 72.8 cm³/mol. The number of hydrogen-bond acceptors (Lipinski definition) is 2. The van der Waals surface area contributed by atoms with Gasteiger partial charge in [0.1, 0.15) is 5.78 Å². The molecule has 86 valence electrons. The Morgan fingerprint density at radius 2 is 2.12 bits per heavy atom. The zero-order valence-electron chi connectivity index (χ0n) is 9.04. The van der Waals surface area contributed by atoms with Gasteiger partial charge in [0, 0.05) is 34.4 Å². The lowest BCUT2D eigenvalue weighted by Crippen LogP contribution is -2.39. The van der Waals surface area contributed by atoms with Crippen LogP contribution in [0.1, 0.15) is 13.3 Å².